The third-order valence-corrected chi connectivity index (χ3v) is 4.29. The summed E-state index contributed by atoms with van der Waals surface area (Å²) in [6, 6.07) is 8.10. The molecule has 1 aromatic heterocycles. The number of benzene rings is 1. The molecule has 0 aliphatic rings. The second-order valence-corrected chi connectivity index (χ2v) is 6.78. The molecule has 2 rings (SSSR count). The Kier molecular flexibility index (Phi) is 6.05. The minimum atomic E-state index is -0.451. The second-order valence-electron chi connectivity index (χ2n) is 5.92. The van der Waals surface area contributed by atoms with Crippen LogP contribution in [0.5, 0.6) is 0 Å². The summed E-state index contributed by atoms with van der Waals surface area (Å²) in [7, 11) is 0. The van der Waals surface area contributed by atoms with Gasteiger partial charge in [-0.15, -0.1) is 11.3 Å². The number of thiazole rings is 1. The number of primary amides is 1. The van der Waals surface area contributed by atoms with Gasteiger partial charge in [0, 0.05) is 17.0 Å². The van der Waals surface area contributed by atoms with Gasteiger partial charge in [0.25, 0.3) is 0 Å². The number of aryl methyl sites for hydroxylation is 1. The van der Waals surface area contributed by atoms with Crippen LogP contribution in [0.1, 0.15) is 19.4 Å². The molecule has 0 aliphatic carbocycles. The number of carbonyl (C=O) groups excluding carboxylic acids is 2. The predicted molar refractivity (Wildman–Crippen MR) is 96.8 cm³/mol. The number of nitrogens with zero attached hydrogens (tertiary/aromatic N) is 2. The highest BCUT2D eigenvalue weighted by Gasteiger charge is 2.17. The molecule has 0 saturated heterocycles. The lowest BCUT2D eigenvalue weighted by Crippen LogP contribution is -2.43. The van der Waals surface area contributed by atoms with Crippen molar-refractivity contribution in [2.24, 2.45) is 5.73 Å². The van der Waals surface area contributed by atoms with Gasteiger partial charge in [-0.25, -0.2) is 4.98 Å². The molecule has 0 radical (unpaired) electrons. The smallest absolute Gasteiger partial charge is 0.240 e. The van der Waals surface area contributed by atoms with Crippen molar-refractivity contribution in [3.8, 4) is 11.3 Å². The highest BCUT2D eigenvalue weighted by molar-refractivity contribution is 7.14. The summed E-state index contributed by atoms with van der Waals surface area (Å²) in [5.41, 5.74) is 8.24. The molecule has 0 bridgehead atoms. The number of hydrogen-bond acceptors (Lipinski definition) is 5. The van der Waals surface area contributed by atoms with Gasteiger partial charge in [0.2, 0.25) is 11.8 Å². The maximum Gasteiger partial charge on any atom is 0.240 e. The first-order valence-corrected chi connectivity index (χ1v) is 8.58. The molecule has 7 heteroatoms. The van der Waals surface area contributed by atoms with Crippen LogP contribution in [-0.4, -0.2) is 40.8 Å². The minimum Gasteiger partial charge on any atom is -0.369 e. The number of nitrogens with two attached hydrogens (primary N) is 1. The number of aromatic nitrogens is 1. The molecule has 128 valence electrons. The van der Waals surface area contributed by atoms with E-state index in [0.717, 1.165) is 11.3 Å². The van der Waals surface area contributed by atoms with Crippen molar-refractivity contribution >= 4 is 28.3 Å². The number of anilines is 1. The normalized spacial score (nSPS) is 11.0. The Morgan fingerprint density at radius 3 is 2.50 bits per heavy atom. The number of nitrogens with one attached hydrogen (secondary N) is 1. The molecule has 1 aromatic carbocycles. The van der Waals surface area contributed by atoms with Crippen LogP contribution >= 0.6 is 11.3 Å². The van der Waals surface area contributed by atoms with Crippen molar-refractivity contribution in [1.29, 1.82) is 0 Å². The number of amides is 2. The fourth-order valence-electron chi connectivity index (χ4n) is 2.15. The third-order valence-electron chi connectivity index (χ3n) is 3.53. The topological polar surface area (TPSA) is 88.3 Å². The lowest BCUT2D eigenvalue weighted by atomic mass is 10.1. The van der Waals surface area contributed by atoms with Crippen LogP contribution in [0.4, 0.5) is 5.13 Å². The molecule has 24 heavy (non-hydrogen) atoms. The average Bonchev–Trinajstić information content (AvgIpc) is 2.95. The van der Waals surface area contributed by atoms with Crippen molar-refractivity contribution in [1.82, 2.24) is 9.88 Å². The van der Waals surface area contributed by atoms with E-state index in [1.807, 2.05) is 50.4 Å². The molecule has 0 saturated carbocycles. The molecule has 0 aliphatic heterocycles. The van der Waals surface area contributed by atoms with E-state index in [1.165, 1.54) is 16.9 Å². The van der Waals surface area contributed by atoms with E-state index in [4.69, 9.17) is 5.73 Å². The second kappa shape index (κ2) is 8.03. The van der Waals surface area contributed by atoms with Gasteiger partial charge in [0.05, 0.1) is 18.8 Å². The maximum atomic E-state index is 12.2. The number of carbonyl (C=O) groups is 2. The van der Waals surface area contributed by atoms with Crippen LogP contribution in [-0.2, 0) is 9.59 Å². The van der Waals surface area contributed by atoms with Gasteiger partial charge in [0.1, 0.15) is 0 Å². The van der Waals surface area contributed by atoms with Crippen molar-refractivity contribution in [2.75, 3.05) is 18.4 Å². The van der Waals surface area contributed by atoms with Crippen molar-refractivity contribution in [2.45, 2.75) is 26.8 Å². The summed E-state index contributed by atoms with van der Waals surface area (Å²) in [6.07, 6.45) is 0. The van der Waals surface area contributed by atoms with Gasteiger partial charge in [-0.05, 0) is 20.8 Å². The lowest BCUT2D eigenvalue weighted by Gasteiger charge is -2.23. The van der Waals surface area contributed by atoms with Crippen LogP contribution in [0.15, 0.2) is 29.6 Å². The molecule has 1 heterocycles. The fraction of sp³-hybridized carbons (Fsp3) is 0.353. The van der Waals surface area contributed by atoms with Gasteiger partial charge in [-0.3, -0.25) is 14.5 Å². The summed E-state index contributed by atoms with van der Waals surface area (Å²) in [5, 5.41) is 5.22. The van der Waals surface area contributed by atoms with Crippen molar-refractivity contribution in [3.63, 3.8) is 0 Å². The van der Waals surface area contributed by atoms with E-state index in [-0.39, 0.29) is 25.0 Å². The zero-order valence-corrected chi connectivity index (χ0v) is 14.9. The van der Waals surface area contributed by atoms with Crippen LogP contribution in [0.25, 0.3) is 11.3 Å². The Labute approximate surface area is 145 Å². The average molecular weight is 346 g/mol. The van der Waals surface area contributed by atoms with Crippen molar-refractivity contribution in [3.05, 3.63) is 35.2 Å². The van der Waals surface area contributed by atoms with E-state index in [9.17, 15) is 9.59 Å². The van der Waals surface area contributed by atoms with E-state index < -0.39 is 5.91 Å². The molecule has 2 amide bonds. The van der Waals surface area contributed by atoms with Gasteiger partial charge in [0.15, 0.2) is 5.13 Å². The van der Waals surface area contributed by atoms with Crippen LogP contribution in [0, 0.1) is 6.92 Å². The lowest BCUT2D eigenvalue weighted by molar-refractivity contribution is -0.121. The quantitative estimate of drug-likeness (QED) is 0.805. The number of rotatable bonds is 7. The first-order valence-electron chi connectivity index (χ1n) is 7.70. The summed E-state index contributed by atoms with van der Waals surface area (Å²) >= 11 is 1.37. The Morgan fingerprint density at radius 2 is 1.92 bits per heavy atom. The molecular weight excluding hydrogens is 324 g/mol. The molecule has 2 aromatic rings. The van der Waals surface area contributed by atoms with Gasteiger partial charge < -0.3 is 11.1 Å². The molecule has 3 N–H and O–H groups in total. The monoisotopic (exact) mass is 346 g/mol. The summed E-state index contributed by atoms with van der Waals surface area (Å²) in [4.78, 5) is 29.4. The van der Waals surface area contributed by atoms with Crippen LogP contribution in [0.3, 0.4) is 0 Å². The Balaban J connectivity index is 1.99. The predicted octanol–water partition coefficient (Wildman–Crippen LogP) is 2.25. The van der Waals surface area contributed by atoms with Crippen LogP contribution in [0.2, 0.25) is 0 Å². The van der Waals surface area contributed by atoms with Gasteiger partial charge in [-0.2, -0.15) is 0 Å². The highest BCUT2D eigenvalue weighted by Crippen LogP contribution is 2.25. The number of hydrogen-bond donors (Lipinski definition) is 2. The molecule has 0 fully saturated rings. The molecule has 0 unspecified atom stereocenters. The van der Waals surface area contributed by atoms with E-state index in [0.29, 0.717) is 5.13 Å². The minimum absolute atomic E-state index is 0.0441. The molecule has 0 spiro atoms. The first kappa shape index (κ1) is 18.1. The highest BCUT2D eigenvalue weighted by atomic mass is 32.1. The Bertz CT molecular complexity index is 710. The largest absolute Gasteiger partial charge is 0.369 e. The van der Waals surface area contributed by atoms with E-state index in [1.54, 1.807) is 4.90 Å². The van der Waals surface area contributed by atoms with E-state index in [2.05, 4.69) is 10.3 Å². The van der Waals surface area contributed by atoms with Crippen LogP contribution < -0.4 is 11.1 Å². The summed E-state index contributed by atoms with van der Waals surface area (Å²) in [5.74, 6) is -0.665. The van der Waals surface area contributed by atoms with Gasteiger partial charge in [-0.1, -0.05) is 29.8 Å². The zero-order chi connectivity index (χ0) is 17.7. The Morgan fingerprint density at radius 1 is 1.25 bits per heavy atom. The molecule has 0 atom stereocenters. The molecular formula is C17H22N4O2S. The fourth-order valence-corrected chi connectivity index (χ4v) is 2.89. The summed E-state index contributed by atoms with van der Waals surface area (Å²) in [6.45, 7) is 6.00. The first-order chi connectivity index (χ1) is 11.3. The van der Waals surface area contributed by atoms with Crippen molar-refractivity contribution < 1.29 is 9.59 Å². The standard InChI is InChI=1S/C17H22N4O2S/c1-11(2)21(8-15(18)22)9-16(23)20-17-19-14(10-24-17)13-6-4-12(3)5-7-13/h4-7,10-11H,8-9H2,1-3H3,(H2,18,22)(H,19,20,23). The van der Waals surface area contributed by atoms with E-state index >= 15 is 0 Å². The maximum absolute atomic E-state index is 12.2. The zero-order valence-electron chi connectivity index (χ0n) is 14.1. The molecule has 6 nitrogen and oxygen atoms in total. The third kappa shape index (κ3) is 5.14. The van der Waals surface area contributed by atoms with Gasteiger partial charge >= 0.3 is 0 Å². The SMILES string of the molecule is Cc1ccc(-c2csc(NC(=O)CN(CC(N)=O)C(C)C)n2)cc1. The Hall–Kier alpha value is -2.25. The summed E-state index contributed by atoms with van der Waals surface area (Å²) < 4.78 is 0.